The minimum atomic E-state index is -0.445. The van der Waals surface area contributed by atoms with Crippen LogP contribution in [0.5, 0.6) is 5.88 Å². The maximum absolute atomic E-state index is 12.0. The lowest BCUT2D eigenvalue weighted by Crippen LogP contribution is -2.47. The number of anilines is 2. The summed E-state index contributed by atoms with van der Waals surface area (Å²) in [4.78, 5) is 45.7. The first-order valence-electron chi connectivity index (χ1n) is 10.2. The highest BCUT2D eigenvalue weighted by Crippen LogP contribution is 2.27. The molecule has 0 aliphatic carbocycles. The molecule has 3 aromatic heterocycles. The van der Waals surface area contributed by atoms with Gasteiger partial charge in [-0.1, -0.05) is 0 Å². The van der Waals surface area contributed by atoms with Crippen LogP contribution in [0.1, 0.15) is 11.5 Å². The molecule has 2 fully saturated rings. The van der Waals surface area contributed by atoms with Gasteiger partial charge in [-0.15, -0.1) is 0 Å². The molecule has 2 aliphatic heterocycles. The van der Waals surface area contributed by atoms with Gasteiger partial charge in [0.25, 0.3) is 11.1 Å². The summed E-state index contributed by atoms with van der Waals surface area (Å²) in [6.07, 6.45) is 6.57. The molecule has 2 aliphatic rings. The average molecular weight is 465 g/mol. The predicted octanol–water partition coefficient (Wildman–Crippen LogP) is 2.09. The first-order valence-corrected chi connectivity index (χ1v) is 11.0. The van der Waals surface area contributed by atoms with Crippen molar-refractivity contribution in [3.05, 3.63) is 59.3 Å². The molecule has 5 rings (SSSR count). The quantitative estimate of drug-likeness (QED) is 0.538. The fourth-order valence-corrected chi connectivity index (χ4v) is 4.04. The summed E-state index contributed by atoms with van der Waals surface area (Å²) in [5, 5.41) is 1.84. The van der Waals surface area contributed by atoms with E-state index in [4.69, 9.17) is 9.15 Å². The van der Waals surface area contributed by atoms with Gasteiger partial charge < -0.3 is 19.0 Å². The van der Waals surface area contributed by atoms with Crippen molar-refractivity contribution in [1.82, 2.24) is 25.3 Å². The Labute approximate surface area is 192 Å². The zero-order valence-electron chi connectivity index (χ0n) is 17.4. The molecule has 2 saturated heterocycles. The number of nitrogens with one attached hydrogen (secondary N) is 1. The molecular weight excluding hydrogens is 446 g/mol. The van der Waals surface area contributed by atoms with E-state index < -0.39 is 11.1 Å². The van der Waals surface area contributed by atoms with Crippen LogP contribution in [0.25, 0.3) is 6.08 Å². The zero-order valence-corrected chi connectivity index (χ0v) is 18.2. The van der Waals surface area contributed by atoms with Crippen LogP contribution in [0.3, 0.4) is 0 Å². The molecule has 5 heterocycles. The molecule has 3 aromatic rings. The minimum absolute atomic E-state index is 0.201. The largest absolute Gasteiger partial charge is 0.469 e. The van der Waals surface area contributed by atoms with Crippen molar-refractivity contribution >= 4 is 40.9 Å². The van der Waals surface area contributed by atoms with Crippen molar-refractivity contribution in [2.24, 2.45) is 0 Å². The number of furan rings is 1. The molecule has 0 unspecified atom stereocenters. The third kappa shape index (κ3) is 4.95. The fourth-order valence-electron chi connectivity index (χ4n) is 3.38. The number of thioether (sulfide) groups is 1. The van der Waals surface area contributed by atoms with Gasteiger partial charge in [0.15, 0.2) is 0 Å². The number of carbonyl (C=O) groups is 2. The van der Waals surface area contributed by atoms with Crippen LogP contribution >= 0.6 is 11.8 Å². The maximum Gasteiger partial charge on any atom is 0.290 e. The van der Waals surface area contributed by atoms with Crippen molar-refractivity contribution in [3.8, 4) is 5.88 Å². The van der Waals surface area contributed by atoms with E-state index in [2.05, 4.69) is 30.2 Å². The van der Waals surface area contributed by atoms with Gasteiger partial charge in [-0.25, -0.2) is 15.0 Å². The summed E-state index contributed by atoms with van der Waals surface area (Å²) in [6, 6.07) is 7.00. The Hall–Kier alpha value is -3.93. The summed E-state index contributed by atoms with van der Waals surface area (Å²) in [5.41, 5.74) is 0.468. The van der Waals surface area contributed by atoms with Crippen molar-refractivity contribution in [2.75, 3.05) is 36.0 Å². The number of piperazine rings is 1. The Balaban J connectivity index is 1.37. The number of ether oxygens (including phenoxy) is 1. The van der Waals surface area contributed by atoms with Crippen molar-refractivity contribution in [3.63, 3.8) is 0 Å². The molecule has 0 spiro atoms. The van der Waals surface area contributed by atoms with Gasteiger partial charge in [-0.3, -0.25) is 14.9 Å². The molecule has 33 heavy (non-hydrogen) atoms. The Kier molecular flexibility index (Phi) is 5.89. The molecule has 0 bridgehead atoms. The number of nitrogens with zero attached hydrogens (tertiary/aromatic N) is 6. The molecular formula is C21H19N7O4S. The summed E-state index contributed by atoms with van der Waals surface area (Å²) < 4.78 is 11.1. The molecule has 0 saturated carbocycles. The van der Waals surface area contributed by atoms with Gasteiger partial charge in [0.2, 0.25) is 17.8 Å². The molecule has 0 aromatic carbocycles. The van der Waals surface area contributed by atoms with Crippen LogP contribution in [0, 0.1) is 0 Å². The number of amides is 2. The normalized spacial score (nSPS) is 17.5. The van der Waals surface area contributed by atoms with Gasteiger partial charge in [-0.2, -0.15) is 4.98 Å². The van der Waals surface area contributed by atoms with E-state index in [9.17, 15) is 9.59 Å². The number of carbonyl (C=O) groups excluding carboxylic acids is 2. The van der Waals surface area contributed by atoms with Crippen molar-refractivity contribution < 1.29 is 18.7 Å². The summed E-state index contributed by atoms with van der Waals surface area (Å²) in [5.74, 6) is 1.71. The smallest absolute Gasteiger partial charge is 0.290 e. The van der Waals surface area contributed by atoms with Crippen LogP contribution in [0.4, 0.5) is 16.7 Å². The highest BCUT2D eigenvalue weighted by atomic mass is 32.2. The van der Waals surface area contributed by atoms with E-state index in [-0.39, 0.29) is 11.5 Å². The molecule has 0 radical (unpaired) electrons. The van der Waals surface area contributed by atoms with E-state index in [1.807, 2.05) is 4.90 Å². The summed E-state index contributed by atoms with van der Waals surface area (Å²) >= 11 is 0.836. The number of aromatic nitrogens is 4. The van der Waals surface area contributed by atoms with E-state index >= 15 is 0 Å². The van der Waals surface area contributed by atoms with Crippen LogP contribution < -0.4 is 19.9 Å². The number of rotatable bonds is 6. The Morgan fingerprint density at radius 2 is 1.82 bits per heavy atom. The second-order valence-electron chi connectivity index (χ2n) is 7.17. The number of hydrogen-bond acceptors (Lipinski definition) is 11. The lowest BCUT2D eigenvalue weighted by atomic mass is 10.3. The molecule has 168 valence electrons. The molecule has 2 amide bonds. The zero-order chi connectivity index (χ0) is 22.6. The second kappa shape index (κ2) is 9.28. The highest BCUT2D eigenvalue weighted by Gasteiger charge is 2.26. The van der Waals surface area contributed by atoms with Gasteiger partial charge in [-0.05, 0) is 36.0 Å². The van der Waals surface area contributed by atoms with Crippen molar-refractivity contribution in [2.45, 2.75) is 6.61 Å². The topological polar surface area (TPSA) is 127 Å². The van der Waals surface area contributed by atoms with E-state index in [1.165, 1.54) is 0 Å². The van der Waals surface area contributed by atoms with E-state index in [0.717, 1.165) is 11.8 Å². The van der Waals surface area contributed by atoms with Gasteiger partial charge >= 0.3 is 0 Å². The first-order chi connectivity index (χ1) is 16.1. The average Bonchev–Trinajstić information content (AvgIpc) is 3.47. The minimum Gasteiger partial charge on any atom is -0.469 e. The summed E-state index contributed by atoms with van der Waals surface area (Å²) in [6.45, 7) is 2.92. The van der Waals surface area contributed by atoms with Crippen LogP contribution in [-0.4, -0.2) is 57.3 Å². The van der Waals surface area contributed by atoms with E-state index in [1.54, 1.807) is 49.0 Å². The monoisotopic (exact) mass is 465 g/mol. The lowest BCUT2D eigenvalue weighted by molar-refractivity contribution is -0.115. The third-order valence-corrected chi connectivity index (χ3v) is 5.78. The van der Waals surface area contributed by atoms with Crippen LogP contribution in [0.15, 0.2) is 52.2 Å². The Bertz CT molecular complexity index is 1180. The lowest BCUT2D eigenvalue weighted by Gasteiger charge is -2.34. The Morgan fingerprint density at radius 3 is 2.48 bits per heavy atom. The number of hydrogen-bond donors (Lipinski definition) is 1. The van der Waals surface area contributed by atoms with Crippen LogP contribution in [-0.2, 0) is 11.4 Å². The van der Waals surface area contributed by atoms with E-state index in [0.29, 0.717) is 55.4 Å². The van der Waals surface area contributed by atoms with Gasteiger partial charge in [0.05, 0.1) is 16.9 Å². The molecule has 12 heteroatoms. The fraction of sp³-hybridized carbons (Fsp3) is 0.238. The number of imide groups is 1. The maximum atomic E-state index is 12.0. The predicted molar refractivity (Wildman–Crippen MR) is 121 cm³/mol. The molecule has 11 nitrogen and oxygen atoms in total. The van der Waals surface area contributed by atoms with Gasteiger partial charge in [0, 0.05) is 44.6 Å². The SMILES string of the molecule is O=C1NC(=O)/C(=C/c2cc(OCc3ccco3)nc(N3CCN(c4ncccn4)CC3)n2)S1. The second-order valence-corrected chi connectivity index (χ2v) is 8.19. The molecule has 1 N–H and O–H groups in total. The standard InChI is InChI=1S/C21H19N7O4S/c29-18-16(33-21(30)26-18)11-14-12-17(32-13-15-3-1-10-31-15)25-20(24-14)28-8-6-27(7-9-28)19-22-4-2-5-23-19/h1-5,10-12H,6-9,13H2,(H,26,29,30)/b16-11-. The third-order valence-electron chi connectivity index (χ3n) is 4.97. The Morgan fingerprint density at radius 1 is 1.06 bits per heavy atom. The highest BCUT2D eigenvalue weighted by molar-refractivity contribution is 8.18. The first kappa shape index (κ1) is 20.9. The van der Waals surface area contributed by atoms with Crippen LogP contribution in [0.2, 0.25) is 0 Å². The summed E-state index contributed by atoms with van der Waals surface area (Å²) in [7, 11) is 0. The van der Waals surface area contributed by atoms with Crippen molar-refractivity contribution in [1.29, 1.82) is 0 Å². The molecule has 0 atom stereocenters. The van der Waals surface area contributed by atoms with Gasteiger partial charge in [0.1, 0.15) is 12.4 Å².